The molecule has 1 fully saturated rings. The van der Waals surface area contributed by atoms with E-state index in [1.54, 1.807) is 4.90 Å². The predicted octanol–water partition coefficient (Wildman–Crippen LogP) is 1.85. The number of rotatable bonds is 7. The molecule has 4 nitrogen and oxygen atoms in total. The lowest BCUT2D eigenvalue weighted by molar-refractivity contribution is -0.915. The SMILES string of the molecule is Cc1cc(Br)ccc1OCCOCC[NH+]1C[C@@H](C)O[C@H](C)C1. The summed E-state index contributed by atoms with van der Waals surface area (Å²) in [5.41, 5.74) is 1.13. The highest BCUT2D eigenvalue weighted by molar-refractivity contribution is 9.10. The minimum absolute atomic E-state index is 0.350. The summed E-state index contributed by atoms with van der Waals surface area (Å²) in [6, 6.07) is 6.04. The minimum atomic E-state index is 0.350. The third-order valence-corrected chi connectivity index (χ3v) is 4.33. The van der Waals surface area contributed by atoms with Crippen molar-refractivity contribution in [1.82, 2.24) is 0 Å². The molecular formula is C17H27BrNO3+. The Hall–Kier alpha value is -0.620. The van der Waals surface area contributed by atoms with E-state index in [0.717, 1.165) is 42.0 Å². The Morgan fingerprint density at radius 3 is 2.59 bits per heavy atom. The van der Waals surface area contributed by atoms with Gasteiger partial charge in [0.05, 0.1) is 13.2 Å². The molecule has 1 aromatic rings. The molecule has 0 aromatic heterocycles. The molecule has 0 unspecified atom stereocenters. The summed E-state index contributed by atoms with van der Waals surface area (Å²) in [4.78, 5) is 1.57. The van der Waals surface area contributed by atoms with Crippen LogP contribution < -0.4 is 9.64 Å². The van der Waals surface area contributed by atoms with Crippen LogP contribution in [-0.4, -0.2) is 51.7 Å². The van der Waals surface area contributed by atoms with Crippen LogP contribution in [0, 0.1) is 6.92 Å². The molecule has 0 amide bonds. The molecule has 1 saturated heterocycles. The smallest absolute Gasteiger partial charge is 0.122 e. The Morgan fingerprint density at radius 1 is 1.18 bits per heavy atom. The predicted molar refractivity (Wildman–Crippen MR) is 90.8 cm³/mol. The van der Waals surface area contributed by atoms with Crippen LogP contribution in [0.25, 0.3) is 0 Å². The van der Waals surface area contributed by atoms with E-state index in [0.29, 0.717) is 25.4 Å². The van der Waals surface area contributed by atoms with Crippen LogP contribution in [0.2, 0.25) is 0 Å². The number of benzene rings is 1. The Balaban J connectivity index is 1.57. The molecule has 22 heavy (non-hydrogen) atoms. The highest BCUT2D eigenvalue weighted by Gasteiger charge is 2.24. The third-order valence-electron chi connectivity index (χ3n) is 3.84. The molecule has 5 heteroatoms. The Morgan fingerprint density at radius 2 is 1.91 bits per heavy atom. The number of hydrogen-bond acceptors (Lipinski definition) is 3. The van der Waals surface area contributed by atoms with Crippen molar-refractivity contribution in [2.45, 2.75) is 33.0 Å². The van der Waals surface area contributed by atoms with E-state index < -0.39 is 0 Å². The van der Waals surface area contributed by atoms with Crippen LogP contribution >= 0.6 is 15.9 Å². The maximum absolute atomic E-state index is 5.75. The molecule has 1 aromatic carbocycles. The summed E-state index contributed by atoms with van der Waals surface area (Å²) < 4.78 is 18.3. The van der Waals surface area contributed by atoms with Crippen LogP contribution in [0.5, 0.6) is 5.75 Å². The normalized spacial score (nSPS) is 25.2. The van der Waals surface area contributed by atoms with Crippen molar-refractivity contribution in [2.75, 3.05) is 39.5 Å². The van der Waals surface area contributed by atoms with Gasteiger partial charge in [0.25, 0.3) is 0 Å². The van der Waals surface area contributed by atoms with E-state index in [-0.39, 0.29) is 0 Å². The fraction of sp³-hybridized carbons (Fsp3) is 0.647. The molecule has 0 saturated carbocycles. The van der Waals surface area contributed by atoms with Crippen LogP contribution in [0.15, 0.2) is 22.7 Å². The van der Waals surface area contributed by atoms with Crippen molar-refractivity contribution in [1.29, 1.82) is 0 Å². The Bertz CT molecular complexity index is 459. The van der Waals surface area contributed by atoms with Gasteiger partial charge in [-0.2, -0.15) is 0 Å². The molecule has 2 atom stereocenters. The number of quaternary nitrogens is 1. The zero-order valence-corrected chi connectivity index (χ0v) is 15.3. The number of hydrogen-bond donors (Lipinski definition) is 1. The first-order chi connectivity index (χ1) is 10.5. The molecule has 0 spiro atoms. The molecule has 0 bridgehead atoms. The molecular weight excluding hydrogens is 346 g/mol. The van der Waals surface area contributed by atoms with E-state index in [1.165, 1.54) is 0 Å². The summed E-state index contributed by atoms with van der Waals surface area (Å²) in [5, 5.41) is 0. The van der Waals surface area contributed by atoms with Crippen molar-refractivity contribution >= 4 is 15.9 Å². The first kappa shape index (κ1) is 17.7. The fourth-order valence-electron chi connectivity index (χ4n) is 2.90. The second-order valence-corrected chi connectivity index (χ2v) is 6.95. The highest BCUT2D eigenvalue weighted by Crippen LogP contribution is 2.21. The van der Waals surface area contributed by atoms with Gasteiger partial charge in [0.15, 0.2) is 0 Å². The molecule has 1 N–H and O–H groups in total. The van der Waals surface area contributed by atoms with Crippen molar-refractivity contribution in [2.24, 2.45) is 0 Å². The van der Waals surface area contributed by atoms with Gasteiger partial charge in [-0.3, -0.25) is 0 Å². The van der Waals surface area contributed by atoms with Gasteiger partial charge < -0.3 is 19.1 Å². The summed E-state index contributed by atoms with van der Waals surface area (Å²) in [6.07, 6.45) is 0.699. The van der Waals surface area contributed by atoms with Gasteiger partial charge in [0.2, 0.25) is 0 Å². The zero-order chi connectivity index (χ0) is 15.9. The van der Waals surface area contributed by atoms with Gasteiger partial charge >= 0.3 is 0 Å². The topological polar surface area (TPSA) is 32.1 Å². The zero-order valence-electron chi connectivity index (χ0n) is 13.7. The van der Waals surface area contributed by atoms with E-state index in [1.807, 2.05) is 19.1 Å². The van der Waals surface area contributed by atoms with Crippen molar-refractivity contribution in [3.63, 3.8) is 0 Å². The lowest BCUT2D eigenvalue weighted by atomic mass is 10.2. The van der Waals surface area contributed by atoms with Gasteiger partial charge in [-0.25, -0.2) is 0 Å². The number of halogens is 1. The van der Waals surface area contributed by atoms with E-state index in [2.05, 4.69) is 35.8 Å². The second kappa shape index (κ2) is 8.87. The number of ether oxygens (including phenoxy) is 3. The Labute approximate surface area is 141 Å². The first-order valence-electron chi connectivity index (χ1n) is 8.00. The molecule has 0 radical (unpaired) electrons. The van der Waals surface area contributed by atoms with Crippen LogP contribution in [-0.2, 0) is 9.47 Å². The molecule has 1 heterocycles. The molecule has 1 aliphatic heterocycles. The van der Waals surface area contributed by atoms with Crippen LogP contribution in [0.4, 0.5) is 0 Å². The van der Waals surface area contributed by atoms with Gasteiger partial charge in [0, 0.05) is 4.47 Å². The van der Waals surface area contributed by atoms with Gasteiger partial charge in [-0.05, 0) is 44.5 Å². The van der Waals surface area contributed by atoms with E-state index >= 15 is 0 Å². The molecule has 124 valence electrons. The molecule has 1 aliphatic rings. The third kappa shape index (κ3) is 5.88. The summed E-state index contributed by atoms with van der Waals surface area (Å²) >= 11 is 3.45. The molecule has 0 aliphatic carbocycles. The maximum Gasteiger partial charge on any atom is 0.122 e. The highest BCUT2D eigenvalue weighted by atomic mass is 79.9. The number of aryl methyl sites for hydroxylation is 1. The largest absolute Gasteiger partial charge is 0.491 e. The quantitative estimate of drug-likeness (QED) is 0.741. The van der Waals surface area contributed by atoms with Crippen molar-refractivity contribution < 1.29 is 19.1 Å². The number of morpholine rings is 1. The van der Waals surface area contributed by atoms with Gasteiger partial charge in [-0.15, -0.1) is 0 Å². The second-order valence-electron chi connectivity index (χ2n) is 6.04. The van der Waals surface area contributed by atoms with Crippen LogP contribution in [0.3, 0.4) is 0 Å². The average Bonchev–Trinajstić information content (AvgIpc) is 2.43. The average molecular weight is 373 g/mol. The standard InChI is InChI=1S/C17H26BrNO3/c1-13-10-16(18)4-5-17(13)21-9-8-20-7-6-19-11-14(2)22-15(3)12-19/h4-5,10,14-15H,6-9,11-12H2,1-3H3/p+1/t14-,15-/m1/s1. The summed E-state index contributed by atoms with van der Waals surface area (Å²) in [7, 11) is 0. The van der Waals surface area contributed by atoms with Gasteiger partial charge in [-0.1, -0.05) is 15.9 Å². The summed E-state index contributed by atoms with van der Waals surface area (Å²) in [5.74, 6) is 0.924. The monoisotopic (exact) mass is 372 g/mol. The lowest BCUT2D eigenvalue weighted by Crippen LogP contribution is -3.15. The van der Waals surface area contributed by atoms with Crippen molar-refractivity contribution in [3.05, 3.63) is 28.2 Å². The maximum atomic E-state index is 5.75. The minimum Gasteiger partial charge on any atom is -0.491 e. The Kier molecular flexibility index (Phi) is 7.15. The molecule has 2 rings (SSSR count). The van der Waals surface area contributed by atoms with Crippen molar-refractivity contribution in [3.8, 4) is 5.75 Å². The lowest BCUT2D eigenvalue weighted by Gasteiger charge is -2.32. The summed E-state index contributed by atoms with van der Waals surface area (Å²) in [6.45, 7) is 11.5. The van der Waals surface area contributed by atoms with E-state index in [4.69, 9.17) is 14.2 Å². The van der Waals surface area contributed by atoms with E-state index in [9.17, 15) is 0 Å². The van der Waals surface area contributed by atoms with Gasteiger partial charge in [0.1, 0.15) is 44.2 Å². The first-order valence-corrected chi connectivity index (χ1v) is 8.79. The fourth-order valence-corrected chi connectivity index (χ4v) is 3.37. The van der Waals surface area contributed by atoms with Crippen LogP contribution in [0.1, 0.15) is 19.4 Å². The number of nitrogens with one attached hydrogen (secondary N) is 1.